The summed E-state index contributed by atoms with van der Waals surface area (Å²) >= 11 is 0. The zero-order valence-electron chi connectivity index (χ0n) is 25.0. The van der Waals surface area contributed by atoms with Gasteiger partial charge < -0.3 is 28.3 Å². The summed E-state index contributed by atoms with van der Waals surface area (Å²) in [5.41, 5.74) is 1.96. The maximum atomic E-state index is 14.1. The maximum Gasteiger partial charge on any atom is 0.387 e. The van der Waals surface area contributed by atoms with Crippen LogP contribution < -0.4 is 24.5 Å². The van der Waals surface area contributed by atoms with Crippen molar-refractivity contribution in [3.05, 3.63) is 69.3 Å². The Kier molecular flexibility index (Phi) is 7.80. The lowest BCUT2D eigenvalue weighted by Crippen LogP contribution is -2.34. The summed E-state index contributed by atoms with van der Waals surface area (Å²) in [4.78, 5) is 31.7. The van der Waals surface area contributed by atoms with E-state index in [4.69, 9.17) is 28.7 Å². The third-order valence-electron chi connectivity index (χ3n) is 7.80. The summed E-state index contributed by atoms with van der Waals surface area (Å²) < 4.78 is 56.2. The third-order valence-corrected chi connectivity index (χ3v) is 7.80. The molecule has 0 bridgehead atoms. The molecule has 43 heavy (non-hydrogen) atoms. The highest BCUT2D eigenvalue weighted by molar-refractivity contribution is 5.90. The number of benzene rings is 1. The van der Waals surface area contributed by atoms with Gasteiger partial charge in [-0.05, 0) is 41.5 Å². The summed E-state index contributed by atoms with van der Waals surface area (Å²) in [5.74, 6) is 0.175. The molecule has 12 heteroatoms. The number of ether oxygens (including phenoxy) is 5. The van der Waals surface area contributed by atoms with Crippen LogP contribution in [-0.4, -0.2) is 55.0 Å². The first kappa shape index (κ1) is 29.9. The lowest BCUT2D eigenvalue weighted by Gasteiger charge is -2.36. The SMILES string of the molecule is COC(=O)c1cc2c(n(Cc3ccc(OC)cc3OC)c1=O)-c1nc3c(OC(F)F)cc(OC)cn3c1CC2C(C)(C)C. The number of pyridine rings is 2. The molecule has 3 heterocycles. The van der Waals surface area contributed by atoms with Gasteiger partial charge in [-0.25, -0.2) is 9.78 Å². The smallest absolute Gasteiger partial charge is 0.387 e. The standard InChI is InChI=1S/C31H33F2N3O7/c1-31(2,3)21-13-22-25(34-27-24(43-30(32)33)11-18(40-5)15-35(22)27)26-19(21)12-20(29(38)42-7)28(37)36(26)14-16-8-9-17(39-4)10-23(16)41-6/h8-12,15,21,30H,13-14H2,1-7H3. The Morgan fingerprint density at radius 1 is 1.02 bits per heavy atom. The molecule has 0 spiro atoms. The normalized spacial score (nSPS) is 14.3. The molecule has 4 aromatic rings. The van der Waals surface area contributed by atoms with E-state index in [1.807, 2.05) is 0 Å². The van der Waals surface area contributed by atoms with Crippen LogP contribution >= 0.6 is 0 Å². The van der Waals surface area contributed by atoms with Crippen LogP contribution in [0.5, 0.6) is 23.0 Å². The van der Waals surface area contributed by atoms with Crippen LogP contribution in [0.15, 0.2) is 41.3 Å². The van der Waals surface area contributed by atoms with E-state index in [1.165, 1.54) is 39.1 Å². The molecule has 0 N–H and O–H groups in total. The molecule has 228 valence electrons. The summed E-state index contributed by atoms with van der Waals surface area (Å²) in [6.07, 6.45) is 2.08. The molecule has 0 aliphatic heterocycles. The van der Waals surface area contributed by atoms with Gasteiger partial charge in [0.2, 0.25) is 0 Å². The molecule has 1 atom stereocenters. The van der Waals surface area contributed by atoms with Crippen molar-refractivity contribution in [1.29, 1.82) is 0 Å². The molecule has 0 amide bonds. The number of alkyl halides is 2. The van der Waals surface area contributed by atoms with E-state index < -0.39 is 18.1 Å². The Balaban J connectivity index is 1.88. The van der Waals surface area contributed by atoms with Crippen molar-refractivity contribution in [3.63, 3.8) is 0 Å². The average molecular weight is 598 g/mol. The first-order valence-electron chi connectivity index (χ1n) is 13.5. The number of imidazole rings is 1. The number of carbonyl (C=O) groups excluding carboxylic acids is 1. The van der Waals surface area contributed by atoms with E-state index in [9.17, 15) is 18.4 Å². The van der Waals surface area contributed by atoms with Crippen LogP contribution in [-0.2, 0) is 17.7 Å². The lowest BCUT2D eigenvalue weighted by molar-refractivity contribution is -0.0492. The zero-order chi connectivity index (χ0) is 31.2. The minimum atomic E-state index is -3.09. The fourth-order valence-electron chi connectivity index (χ4n) is 5.67. The molecule has 1 aliphatic carbocycles. The van der Waals surface area contributed by atoms with Gasteiger partial charge in [0.1, 0.15) is 28.5 Å². The fraction of sp³-hybridized carbons (Fsp3) is 0.387. The molecule has 0 fully saturated rings. The second kappa shape index (κ2) is 11.2. The van der Waals surface area contributed by atoms with Crippen molar-refractivity contribution < 1.29 is 37.3 Å². The molecular weight excluding hydrogens is 564 g/mol. The van der Waals surface area contributed by atoms with Crippen LogP contribution in [0, 0.1) is 5.41 Å². The Morgan fingerprint density at radius 3 is 2.33 bits per heavy atom. The summed E-state index contributed by atoms with van der Waals surface area (Å²) in [6.45, 7) is 3.08. The van der Waals surface area contributed by atoms with Crippen molar-refractivity contribution in [2.45, 2.75) is 46.3 Å². The van der Waals surface area contributed by atoms with Gasteiger partial charge in [0.05, 0.1) is 52.6 Å². The monoisotopic (exact) mass is 597 g/mol. The van der Waals surface area contributed by atoms with E-state index in [2.05, 4.69) is 20.8 Å². The van der Waals surface area contributed by atoms with Gasteiger partial charge in [0.15, 0.2) is 11.4 Å². The summed E-state index contributed by atoms with van der Waals surface area (Å²) in [5, 5.41) is 0. The van der Waals surface area contributed by atoms with Crippen LogP contribution in [0.25, 0.3) is 17.0 Å². The lowest BCUT2D eigenvalue weighted by atomic mass is 9.70. The fourth-order valence-corrected chi connectivity index (χ4v) is 5.67. The molecule has 5 rings (SSSR count). The molecule has 0 saturated carbocycles. The second-order valence-corrected chi connectivity index (χ2v) is 11.3. The molecule has 1 aliphatic rings. The average Bonchev–Trinajstić information content (AvgIpc) is 3.35. The van der Waals surface area contributed by atoms with E-state index >= 15 is 0 Å². The van der Waals surface area contributed by atoms with Crippen LogP contribution in [0.3, 0.4) is 0 Å². The number of hydrogen-bond donors (Lipinski definition) is 0. The Bertz CT molecular complexity index is 1770. The predicted molar refractivity (Wildman–Crippen MR) is 154 cm³/mol. The maximum absolute atomic E-state index is 14.1. The zero-order valence-corrected chi connectivity index (χ0v) is 25.0. The van der Waals surface area contributed by atoms with Gasteiger partial charge in [-0.1, -0.05) is 20.8 Å². The van der Waals surface area contributed by atoms with E-state index in [1.54, 1.807) is 34.9 Å². The molecule has 1 unspecified atom stereocenters. The number of fused-ring (bicyclic) bond motifs is 5. The van der Waals surface area contributed by atoms with Crippen molar-refractivity contribution >= 4 is 11.6 Å². The number of methoxy groups -OCH3 is 4. The van der Waals surface area contributed by atoms with Crippen LogP contribution in [0.2, 0.25) is 0 Å². The minimum Gasteiger partial charge on any atom is -0.497 e. The molecule has 1 aromatic carbocycles. The molecule has 3 aromatic heterocycles. The number of carbonyl (C=O) groups is 1. The predicted octanol–water partition coefficient (Wildman–Crippen LogP) is 5.31. The Morgan fingerprint density at radius 2 is 1.72 bits per heavy atom. The highest BCUT2D eigenvalue weighted by atomic mass is 19.3. The highest BCUT2D eigenvalue weighted by Crippen LogP contribution is 2.48. The van der Waals surface area contributed by atoms with Crippen LogP contribution in [0.4, 0.5) is 8.78 Å². The minimum absolute atomic E-state index is 0.00700. The Hall–Kier alpha value is -4.61. The number of rotatable bonds is 8. The number of nitrogens with zero attached hydrogens (tertiary/aromatic N) is 3. The van der Waals surface area contributed by atoms with E-state index in [0.717, 1.165) is 0 Å². The van der Waals surface area contributed by atoms with E-state index in [0.29, 0.717) is 51.9 Å². The van der Waals surface area contributed by atoms with Gasteiger partial charge in [-0.3, -0.25) is 9.20 Å². The molecule has 0 saturated heterocycles. The summed E-state index contributed by atoms with van der Waals surface area (Å²) in [6, 6.07) is 8.14. The first-order valence-corrected chi connectivity index (χ1v) is 13.5. The van der Waals surface area contributed by atoms with Gasteiger partial charge in [-0.2, -0.15) is 8.78 Å². The molecule has 0 radical (unpaired) electrons. The van der Waals surface area contributed by atoms with Gasteiger partial charge in [0.25, 0.3) is 5.56 Å². The number of aromatic nitrogens is 3. The number of esters is 1. The molecular formula is C31H33F2N3O7. The highest BCUT2D eigenvalue weighted by Gasteiger charge is 2.39. The third kappa shape index (κ3) is 5.26. The number of halogens is 2. The summed E-state index contributed by atoms with van der Waals surface area (Å²) in [7, 11) is 5.69. The first-order chi connectivity index (χ1) is 20.4. The Labute approximate surface area is 246 Å². The van der Waals surface area contributed by atoms with Crippen molar-refractivity contribution in [2.24, 2.45) is 5.41 Å². The van der Waals surface area contributed by atoms with Crippen molar-refractivity contribution in [3.8, 4) is 34.4 Å². The topological polar surface area (TPSA) is 103 Å². The van der Waals surface area contributed by atoms with Crippen molar-refractivity contribution in [2.75, 3.05) is 28.4 Å². The largest absolute Gasteiger partial charge is 0.497 e. The van der Waals surface area contributed by atoms with E-state index in [-0.39, 0.29) is 34.8 Å². The van der Waals surface area contributed by atoms with Gasteiger partial charge in [0, 0.05) is 17.7 Å². The van der Waals surface area contributed by atoms with Gasteiger partial charge in [-0.15, -0.1) is 0 Å². The van der Waals surface area contributed by atoms with Crippen molar-refractivity contribution in [1.82, 2.24) is 14.0 Å². The van der Waals surface area contributed by atoms with Crippen LogP contribution in [0.1, 0.15) is 53.9 Å². The van der Waals surface area contributed by atoms with Gasteiger partial charge >= 0.3 is 12.6 Å². The molecule has 10 nitrogen and oxygen atoms in total. The quantitative estimate of drug-likeness (QED) is 0.252. The number of hydrogen-bond acceptors (Lipinski definition) is 8. The second-order valence-electron chi connectivity index (χ2n) is 11.3.